The Balaban J connectivity index is 2.53. The molecule has 1 aliphatic heterocycles. The zero-order valence-corrected chi connectivity index (χ0v) is 10.9. The van der Waals surface area contributed by atoms with Gasteiger partial charge in [0.25, 0.3) is 0 Å². The fourth-order valence-corrected chi connectivity index (χ4v) is 1.96. The van der Waals surface area contributed by atoms with Crippen LogP contribution in [0.3, 0.4) is 0 Å². The average molecular weight is 271 g/mol. The second-order valence-electron chi connectivity index (χ2n) is 4.56. The van der Waals surface area contributed by atoms with E-state index in [0.29, 0.717) is 0 Å². The summed E-state index contributed by atoms with van der Waals surface area (Å²) in [6, 6.07) is 0. The molecule has 0 aliphatic carbocycles. The lowest BCUT2D eigenvalue weighted by atomic mass is 10.3. The summed E-state index contributed by atoms with van der Waals surface area (Å²) in [5, 5.41) is 3.23. The topological polar surface area (TPSA) is 122 Å². The fraction of sp³-hybridized carbons (Fsp3) is 0.727. The standard InChI is InChI=1S/C11H21N5O3/c12-9(17)6-16(7-10(13)18)11(19)8-15-4-1-2-14-3-5-15/h14H,1-8H2,(H2,12,17)(H2,13,18). The van der Waals surface area contributed by atoms with Crippen molar-refractivity contribution in [2.75, 3.05) is 45.8 Å². The number of nitrogens with two attached hydrogens (primary N) is 2. The van der Waals surface area contributed by atoms with Gasteiger partial charge >= 0.3 is 0 Å². The second-order valence-corrected chi connectivity index (χ2v) is 4.56. The number of primary amides is 2. The third-order valence-corrected chi connectivity index (χ3v) is 2.84. The highest BCUT2D eigenvalue weighted by atomic mass is 16.2. The van der Waals surface area contributed by atoms with Crippen LogP contribution in [0.15, 0.2) is 0 Å². The summed E-state index contributed by atoms with van der Waals surface area (Å²) < 4.78 is 0. The molecule has 1 saturated heterocycles. The summed E-state index contributed by atoms with van der Waals surface area (Å²) in [6.07, 6.45) is 0.957. The normalized spacial score (nSPS) is 16.6. The summed E-state index contributed by atoms with van der Waals surface area (Å²) >= 11 is 0. The van der Waals surface area contributed by atoms with Gasteiger partial charge in [-0.3, -0.25) is 19.3 Å². The van der Waals surface area contributed by atoms with Crippen LogP contribution < -0.4 is 16.8 Å². The monoisotopic (exact) mass is 271 g/mol. The van der Waals surface area contributed by atoms with Crippen molar-refractivity contribution in [2.45, 2.75) is 6.42 Å². The van der Waals surface area contributed by atoms with Gasteiger partial charge in [-0.25, -0.2) is 0 Å². The Kier molecular flexibility index (Phi) is 6.23. The number of carbonyl (C=O) groups excluding carboxylic acids is 3. The molecule has 0 atom stereocenters. The van der Waals surface area contributed by atoms with Crippen molar-refractivity contribution in [1.82, 2.24) is 15.1 Å². The molecular formula is C11H21N5O3. The molecule has 0 saturated carbocycles. The fourth-order valence-electron chi connectivity index (χ4n) is 1.96. The van der Waals surface area contributed by atoms with Crippen molar-refractivity contribution in [2.24, 2.45) is 11.5 Å². The first-order valence-corrected chi connectivity index (χ1v) is 6.26. The van der Waals surface area contributed by atoms with Gasteiger partial charge < -0.3 is 21.7 Å². The van der Waals surface area contributed by atoms with Gasteiger partial charge in [0.05, 0.1) is 19.6 Å². The van der Waals surface area contributed by atoms with Crippen LogP contribution in [0.4, 0.5) is 0 Å². The lowest BCUT2D eigenvalue weighted by Gasteiger charge is -2.24. The van der Waals surface area contributed by atoms with E-state index in [2.05, 4.69) is 5.32 Å². The van der Waals surface area contributed by atoms with Gasteiger partial charge in [-0.2, -0.15) is 0 Å². The lowest BCUT2D eigenvalue weighted by molar-refractivity contribution is -0.138. The molecule has 108 valence electrons. The van der Waals surface area contributed by atoms with E-state index in [9.17, 15) is 14.4 Å². The highest BCUT2D eigenvalue weighted by Crippen LogP contribution is 1.98. The zero-order chi connectivity index (χ0) is 14.3. The van der Waals surface area contributed by atoms with Crippen LogP contribution in [0, 0.1) is 0 Å². The molecule has 0 aromatic heterocycles. The molecule has 5 N–H and O–H groups in total. The van der Waals surface area contributed by atoms with Gasteiger partial charge in [0.15, 0.2) is 0 Å². The number of carbonyl (C=O) groups is 3. The first-order valence-electron chi connectivity index (χ1n) is 6.26. The minimum atomic E-state index is -0.660. The van der Waals surface area contributed by atoms with Gasteiger partial charge in [-0.05, 0) is 19.5 Å². The van der Waals surface area contributed by atoms with Crippen LogP contribution >= 0.6 is 0 Å². The van der Waals surface area contributed by atoms with Crippen molar-refractivity contribution in [1.29, 1.82) is 0 Å². The number of nitrogens with one attached hydrogen (secondary N) is 1. The van der Waals surface area contributed by atoms with Crippen LogP contribution in [0.5, 0.6) is 0 Å². The van der Waals surface area contributed by atoms with Gasteiger partial charge in [0.2, 0.25) is 17.7 Å². The quantitative estimate of drug-likeness (QED) is 0.478. The molecular weight excluding hydrogens is 250 g/mol. The van der Waals surface area contributed by atoms with Crippen LogP contribution in [0.1, 0.15) is 6.42 Å². The van der Waals surface area contributed by atoms with Gasteiger partial charge in [0, 0.05) is 13.1 Å². The molecule has 0 unspecified atom stereocenters. The van der Waals surface area contributed by atoms with Crippen molar-refractivity contribution in [3.63, 3.8) is 0 Å². The van der Waals surface area contributed by atoms with Gasteiger partial charge in [-0.1, -0.05) is 0 Å². The van der Waals surface area contributed by atoms with E-state index in [-0.39, 0.29) is 25.5 Å². The minimum Gasteiger partial charge on any atom is -0.368 e. The van der Waals surface area contributed by atoms with Crippen molar-refractivity contribution < 1.29 is 14.4 Å². The molecule has 0 aromatic rings. The van der Waals surface area contributed by atoms with E-state index in [1.54, 1.807) is 0 Å². The third-order valence-electron chi connectivity index (χ3n) is 2.84. The van der Waals surface area contributed by atoms with Crippen LogP contribution in [0.25, 0.3) is 0 Å². The van der Waals surface area contributed by atoms with Crippen LogP contribution in [0.2, 0.25) is 0 Å². The lowest BCUT2D eigenvalue weighted by Crippen LogP contribution is -2.47. The van der Waals surface area contributed by atoms with Gasteiger partial charge in [-0.15, -0.1) is 0 Å². The number of nitrogens with zero attached hydrogens (tertiary/aromatic N) is 2. The Morgan fingerprint density at radius 1 is 1.05 bits per heavy atom. The molecule has 0 radical (unpaired) electrons. The highest BCUT2D eigenvalue weighted by molar-refractivity contribution is 5.88. The number of amides is 3. The van der Waals surface area contributed by atoms with Gasteiger partial charge in [0.1, 0.15) is 0 Å². The van der Waals surface area contributed by atoms with E-state index in [0.717, 1.165) is 37.5 Å². The Morgan fingerprint density at radius 3 is 2.26 bits per heavy atom. The maximum atomic E-state index is 12.0. The largest absolute Gasteiger partial charge is 0.368 e. The Labute approximate surface area is 112 Å². The zero-order valence-electron chi connectivity index (χ0n) is 10.9. The van der Waals surface area contributed by atoms with Crippen molar-refractivity contribution in [3.05, 3.63) is 0 Å². The molecule has 8 nitrogen and oxygen atoms in total. The maximum absolute atomic E-state index is 12.0. The predicted octanol–water partition coefficient (Wildman–Crippen LogP) is -2.92. The number of rotatable bonds is 6. The summed E-state index contributed by atoms with van der Waals surface area (Å²) in [5.41, 5.74) is 10.1. The summed E-state index contributed by atoms with van der Waals surface area (Å²) in [6.45, 7) is 2.91. The van der Waals surface area contributed by atoms with E-state index in [1.165, 1.54) is 0 Å². The molecule has 1 heterocycles. The van der Waals surface area contributed by atoms with E-state index < -0.39 is 11.8 Å². The molecule has 1 aliphatic rings. The first-order chi connectivity index (χ1) is 8.99. The van der Waals surface area contributed by atoms with E-state index >= 15 is 0 Å². The average Bonchev–Trinajstić information content (AvgIpc) is 2.55. The summed E-state index contributed by atoms with van der Waals surface area (Å²) in [4.78, 5) is 36.9. The minimum absolute atomic E-state index is 0.169. The SMILES string of the molecule is NC(=O)CN(CC(N)=O)C(=O)CN1CCCNCC1. The molecule has 8 heteroatoms. The second kappa shape index (κ2) is 7.70. The molecule has 0 spiro atoms. The predicted molar refractivity (Wildman–Crippen MR) is 68.9 cm³/mol. The number of hydrogen-bond donors (Lipinski definition) is 3. The molecule has 19 heavy (non-hydrogen) atoms. The summed E-state index contributed by atoms with van der Waals surface area (Å²) in [5.74, 6) is -1.63. The van der Waals surface area contributed by atoms with Crippen molar-refractivity contribution in [3.8, 4) is 0 Å². The van der Waals surface area contributed by atoms with Crippen molar-refractivity contribution >= 4 is 17.7 Å². The Bertz CT molecular complexity index is 323. The molecule has 0 aromatic carbocycles. The van der Waals surface area contributed by atoms with E-state index in [1.807, 2.05) is 4.90 Å². The Morgan fingerprint density at radius 2 is 1.68 bits per heavy atom. The summed E-state index contributed by atoms with van der Waals surface area (Å²) in [7, 11) is 0. The Hall–Kier alpha value is -1.67. The number of hydrogen-bond acceptors (Lipinski definition) is 5. The maximum Gasteiger partial charge on any atom is 0.237 e. The van der Waals surface area contributed by atoms with E-state index in [4.69, 9.17) is 11.5 Å². The molecule has 3 amide bonds. The smallest absolute Gasteiger partial charge is 0.237 e. The van der Waals surface area contributed by atoms with Crippen LogP contribution in [-0.2, 0) is 14.4 Å². The molecule has 0 bridgehead atoms. The first kappa shape index (κ1) is 15.4. The third kappa shape index (κ3) is 6.16. The van der Waals surface area contributed by atoms with Crippen LogP contribution in [-0.4, -0.2) is 73.3 Å². The molecule has 1 rings (SSSR count). The molecule has 1 fully saturated rings. The highest BCUT2D eigenvalue weighted by Gasteiger charge is 2.21.